The van der Waals surface area contributed by atoms with E-state index in [4.69, 9.17) is 5.73 Å². The molecule has 176 valence electrons. The molecule has 5 nitrogen and oxygen atoms in total. The van der Waals surface area contributed by atoms with E-state index in [1.54, 1.807) is 12.4 Å². The highest BCUT2D eigenvalue weighted by atomic mass is 19.1. The number of nitrogens with two attached hydrogens (primary N) is 1. The molecule has 3 N–H and O–H groups in total. The number of pyridine rings is 2. The van der Waals surface area contributed by atoms with Crippen LogP contribution in [0.1, 0.15) is 53.7 Å². The fraction of sp³-hybridized carbons (Fsp3) is 0.346. The van der Waals surface area contributed by atoms with E-state index >= 15 is 0 Å². The van der Waals surface area contributed by atoms with Gasteiger partial charge in [0.15, 0.2) is 0 Å². The molecule has 2 saturated carbocycles. The standard InChI is InChI=1S/C26H25F3N4O/c1-13-3-4-17(27)22(23(13)29)24-18(28)5-6-20(32-24)25(34)33-21-12-31-8-7-15(21)14-9-19(30)16-11-26(16,2)10-14/h3-8,12,14,16,19H,9-11,30H2,1-2H3,(H,33,34)/t14-,16?,19+,26?/m0/s1. The van der Waals surface area contributed by atoms with Gasteiger partial charge in [0, 0.05) is 12.2 Å². The van der Waals surface area contributed by atoms with Gasteiger partial charge in [0.1, 0.15) is 28.8 Å². The van der Waals surface area contributed by atoms with Crippen LogP contribution in [-0.2, 0) is 0 Å². The Morgan fingerprint density at radius 3 is 2.65 bits per heavy atom. The van der Waals surface area contributed by atoms with Crippen LogP contribution in [0.5, 0.6) is 0 Å². The third-order valence-corrected chi connectivity index (χ3v) is 7.35. The molecule has 0 saturated heterocycles. The summed E-state index contributed by atoms with van der Waals surface area (Å²) in [7, 11) is 0. The molecule has 2 fully saturated rings. The van der Waals surface area contributed by atoms with Crippen LogP contribution in [0.3, 0.4) is 0 Å². The van der Waals surface area contributed by atoms with E-state index in [0.29, 0.717) is 11.6 Å². The smallest absolute Gasteiger partial charge is 0.274 e. The lowest BCUT2D eigenvalue weighted by Gasteiger charge is -2.32. The van der Waals surface area contributed by atoms with Crippen molar-refractivity contribution in [1.29, 1.82) is 0 Å². The first kappa shape index (κ1) is 22.5. The fourth-order valence-electron chi connectivity index (χ4n) is 5.39. The van der Waals surface area contributed by atoms with Crippen LogP contribution in [0.2, 0.25) is 0 Å². The summed E-state index contributed by atoms with van der Waals surface area (Å²) in [5, 5.41) is 2.80. The summed E-state index contributed by atoms with van der Waals surface area (Å²) in [6.07, 6.45) is 6.15. The number of nitrogens with one attached hydrogen (secondary N) is 1. The van der Waals surface area contributed by atoms with Gasteiger partial charge in [0.2, 0.25) is 0 Å². The van der Waals surface area contributed by atoms with Crippen LogP contribution in [0.25, 0.3) is 11.3 Å². The minimum atomic E-state index is -0.956. The second-order valence-corrected chi connectivity index (χ2v) is 9.76. The maximum absolute atomic E-state index is 14.6. The van der Waals surface area contributed by atoms with Gasteiger partial charge in [0.05, 0.1) is 17.4 Å². The van der Waals surface area contributed by atoms with E-state index in [9.17, 15) is 18.0 Å². The summed E-state index contributed by atoms with van der Waals surface area (Å²) >= 11 is 0. The molecule has 1 amide bonds. The Labute approximate surface area is 195 Å². The van der Waals surface area contributed by atoms with Crippen molar-refractivity contribution in [3.05, 3.63) is 77.0 Å². The van der Waals surface area contributed by atoms with Crippen molar-refractivity contribution in [2.75, 3.05) is 5.32 Å². The summed E-state index contributed by atoms with van der Waals surface area (Å²) in [6.45, 7) is 3.69. The zero-order valence-electron chi connectivity index (χ0n) is 18.9. The van der Waals surface area contributed by atoms with E-state index in [1.807, 2.05) is 6.07 Å². The summed E-state index contributed by atoms with van der Waals surface area (Å²) in [4.78, 5) is 21.2. The molecular weight excluding hydrogens is 441 g/mol. The summed E-state index contributed by atoms with van der Waals surface area (Å²) < 4.78 is 43.5. The van der Waals surface area contributed by atoms with Gasteiger partial charge in [-0.3, -0.25) is 9.78 Å². The van der Waals surface area contributed by atoms with Crippen LogP contribution in [0.4, 0.5) is 18.9 Å². The SMILES string of the molecule is Cc1ccc(F)c(-c2nc(C(=O)Nc3cnccc3[C@H]3C[C@@H](N)C4CC4(C)C3)ccc2F)c1F. The monoisotopic (exact) mass is 466 g/mol. The molecule has 3 aromatic rings. The largest absolute Gasteiger partial charge is 0.327 e. The van der Waals surface area contributed by atoms with E-state index in [0.717, 1.165) is 37.0 Å². The second kappa shape index (κ2) is 8.20. The molecule has 0 bridgehead atoms. The quantitative estimate of drug-likeness (QED) is 0.543. The molecule has 0 aliphatic heterocycles. The van der Waals surface area contributed by atoms with Crippen molar-refractivity contribution in [3.8, 4) is 11.3 Å². The summed E-state index contributed by atoms with van der Waals surface area (Å²) in [5.74, 6) is -2.71. The maximum Gasteiger partial charge on any atom is 0.274 e. The number of halogens is 3. The zero-order valence-corrected chi connectivity index (χ0v) is 18.9. The predicted molar refractivity (Wildman–Crippen MR) is 123 cm³/mol. The molecule has 0 radical (unpaired) electrons. The number of hydrogen-bond acceptors (Lipinski definition) is 4. The topological polar surface area (TPSA) is 80.9 Å². The maximum atomic E-state index is 14.6. The van der Waals surface area contributed by atoms with Gasteiger partial charge in [-0.2, -0.15) is 0 Å². The van der Waals surface area contributed by atoms with Gasteiger partial charge in [-0.25, -0.2) is 18.2 Å². The zero-order chi connectivity index (χ0) is 24.2. The van der Waals surface area contributed by atoms with Gasteiger partial charge in [0.25, 0.3) is 5.91 Å². The van der Waals surface area contributed by atoms with E-state index in [1.165, 1.54) is 19.1 Å². The van der Waals surface area contributed by atoms with Crippen molar-refractivity contribution < 1.29 is 18.0 Å². The summed E-state index contributed by atoms with van der Waals surface area (Å²) in [6, 6.07) is 6.46. The van der Waals surface area contributed by atoms with Gasteiger partial charge < -0.3 is 11.1 Å². The highest BCUT2D eigenvalue weighted by Crippen LogP contribution is 2.63. The van der Waals surface area contributed by atoms with Crippen LogP contribution in [-0.4, -0.2) is 21.9 Å². The molecule has 0 spiro atoms. The van der Waals surface area contributed by atoms with Gasteiger partial charge in [-0.15, -0.1) is 0 Å². The molecule has 2 aromatic heterocycles. The number of carbonyl (C=O) groups is 1. The Morgan fingerprint density at radius 1 is 1.12 bits per heavy atom. The minimum absolute atomic E-state index is 0.112. The van der Waals surface area contributed by atoms with Crippen molar-refractivity contribution >= 4 is 11.6 Å². The lowest BCUT2D eigenvalue weighted by Crippen LogP contribution is -2.33. The summed E-state index contributed by atoms with van der Waals surface area (Å²) in [5.41, 5.74) is 6.89. The number of carbonyl (C=O) groups excluding carboxylic acids is 1. The van der Waals surface area contributed by atoms with Crippen LogP contribution < -0.4 is 11.1 Å². The predicted octanol–water partition coefficient (Wildman–Crippen LogP) is 5.35. The molecule has 2 heterocycles. The number of hydrogen-bond donors (Lipinski definition) is 2. The minimum Gasteiger partial charge on any atom is -0.327 e. The molecule has 2 aliphatic carbocycles. The Bertz CT molecular complexity index is 1300. The Hall–Kier alpha value is -3.26. The first-order chi connectivity index (χ1) is 16.2. The molecule has 34 heavy (non-hydrogen) atoms. The van der Waals surface area contributed by atoms with Crippen molar-refractivity contribution in [3.63, 3.8) is 0 Å². The first-order valence-corrected chi connectivity index (χ1v) is 11.3. The number of fused-ring (bicyclic) bond motifs is 1. The van der Waals surface area contributed by atoms with Crippen LogP contribution in [0, 0.1) is 35.7 Å². The fourth-order valence-corrected chi connectivity index (χ4v) is 5.39. The third-order valence-electron chi connectivity index (χ3n) is 7.35. The van der Waals surface area contributed by atoms with Crippen LogP contribution >= 0.6 is 0 Å². The lowest BCUT2D eigenvalue weighted by molar-refractivity contribution is 0.102. The molecule has 2 unspecified atom stereocenters. The normalized spacial score (nSPS) is 25.5. The van der Waals surface area contributed by atoms with Gasteiger partial charge >= 0.3 is 0 Å². The van der Waals surface area contributed by atoms with Crippen LogP contribution in [0.15, 0.2) is 42.7 Å². The number of rotatable bonds is 4. The highest BCUT2D eigenvalue weighted by Gasteiger charge is 2.57. The van der Waals surface area contributed by atoms with Gasteiger partial charge in [-0.05, 0) is 78.8 Å². The van der Waals surface area contributed by atoms with E-state index < -0.39 is 34.6 Å². The van der Waals surface area contributed by atoms with Crippen molar-refractivity contribution in [2.24, 2.45) is 17.1 Å². The second-order valence-electron chi connectivity index (χ2n) is 9.76. The Kier molecular flexibility index (Phi) is 5.43. The number of aromatic nitrogens is 2. The number of amides is 1. The Morgan fingerprint density at radius 2 is 1.88 bits per heavy atom. The first-order valence-electron chi connectivity index (χ1n) is 11.3. The molecule has 2 aliphatic rings. The van der Waals surface area contributed by atoms with Crippen molar-refractivity contribution in [2.45, 2.75) is 45.1 Å². The molecule has 5 rings (SSSR count). The van der Waals surface area contributed by atoms with E-state index in [2.05, 4.69) is 22.2 Å². The number of nitrogens with zero attached hydrogens (tertiary/aromatic N) is 2. The van der Waals surface area contributed by atoms with E-state index in [-0.39, 0.29) is 28.6 Å². The Balaban J connectivity index is 1.45. The molecular formula is C26H25F3N4O. The number of aryl methyl sites for hydroxylation is 1. The molecule has 4 atom stereocenters. The highest BCUT2D eigenvalue weighted by molar-refractivity contribution is 6.03. The molecule has 1 aromatic carbocycles. The average Bonchev–Trinajstić information content (AvgIpc) is 3.50. The van der Waals surface area contributed by atoms with Gasteiger partial charge in [-0.1, -0.05) is 13.0 Å². The number of benzene rings is 1. The number of anilines is 1. The van der Waals surface area contributed by atoms with Crippen molar-refractivity contribution in [1.82, 2.24) is 9.97 Å². The average molecular weight is 467 g/mol. The molecule has 8 heteroatoms. The lowest BCUT2D eigenvalue weighted by atomic mass is 9.76. The third kappa shape index (κ3) is 3.86.